The first-order chi connectivity index (χ1) is 28.2. The van der Waals surface area contributed by atoms with Crippen LogP contribution < -0.4 is 15.5 Å². The topological polar surface area (TPSA) is 132 Å². The van der Waals surface area contributed by atoms with Crippen molar-refractivity contribution in [1.82, 2.24) is 25.2 Å². The van der Waals surface area contributed by atoms with Crippen LogP contribution in [0.1, 0.15) is 51.8 Å². The van der Waals surface area contributed by atoms with Crippen LogP contribution in [0.25, 0.3) is 55.0 Å². The third-order valence-corrected chi connectivity index (χ3v) is 13.1. The molecule has 0 spiro atoms. The summed E-state index contributed by atoms with van der Waals surface area (Å²) in [6.45, 7) is 3.17. The van der Waals surface area contributed by atoms with Crippen LogP contribution in [-0.2, 0) is 45.0 Å². The van der Waals surface area contributed by atoms with Gasteiger partial charge in [-0.2, -0.15) is 0 Å². The zero-order chi connectivity index (χ0) is 39.4. The molecule has 12 heteroatoms. The van der Waals surface area contributed by atoms with Crippen molar-refractivity contribution in [3.8, 4) is 0 Å². The number of fused-ring (bicyclic) bond motifs is 2. The molecular formula is C46H34Br2N6O4. The SMILES string of the molecule is O=C1NC(=O)C(c2c[nH]c3ccc(Br)cc23)=C1c1cc2c3c(c1)CCN3CCC2.O=C1NC(=O)C(c2c[nH]c3ccc(Br)cc23)=C1c1cc2c3c(ccn3CCC2)c1. The van der Waals surface area contributed by atoms with Crippen molar-refractivity contribution in [2.75, 3.05) is 18.0 Å². The largest absolute Gasteiger partial charge is 0.371 e. The number of halogens is 2. The molecule has 0 radical (unpaired) electrons. The Bertz CT molecular complexity index is 3090. The lowest BCUT2D eigenvalue weighted by Crippen LogP contribution is -2.26. The Kier molecular flexibility index (Phi) is 8.06. The van der Waals surface area contributed by atoms with Gasteiger partial charge in [-0.05, 0) is 127 Å². The predicted octanol–water partition coefficient (Wildman–Crippen LogP) is 8.20. The van der Waals surface area contributed by atoms with E-state index in [1.807, 2.05) is 54.9 Å². The highest BCUT2D eigenvalue weighted by Gasteiger charge is 2.36. The molecule has 0 unspecified atom stereocenters. The second-order valence-corrected chi connectivity index (χ2v) is 17.4. The first-order valence-electron chi connectivity index (χ1n) is 19.5. The average Bonchev–Trinajstić information content (AvgIpc) is 4.07. The number of aryl methyl sites for hydroxylation is 3. The minimum absolute atomic E-state index is 0.313. The van der Waals surface area contributed by atoms with Crippen LogP contribution >= 0.6 is 31.9 Å². The number of rotatable bonds is 4. The fourth-order valence-electron chi connectivity index (χ4n) is 9.72. The lowest BCUT2D eigenvalue weighted by atomic mass is 9.90. The quantitative estimate of drug-likeness (QED) is 0.132. The smallest absolute Gasteiger partial charge is 0.259 e. The molecule has 0 atom stereocenters. The second kappa shape index (κ2) is 13.3. The first-order valence-corrected chi connectivity index (χ1v) is 21.1. The maximum absolute atomic E-state index is 12.9. The third-order valence-electron chi connectivity index (χ3n) is 12.2. The number of hydrogen-bond donors (Lipinski definition) is 4. The lowest BCUT2D eigenvalue weighted by molar-refractivity contribution is -0.124. The number of benzene rings is 4. The van der Waals surface area contributed by atoms with E-state index in [1.165, 1.54) is 27.9 Å². The predicted molar refractivity (Wildman–Crippen MR) is 233 cm³/mol. The van der Waals surface area contributed by atoms with Crippen molar-refractivity contribution < 1.29 is 19.2 Å². The van der Waals surface area contributed by atoms with Crippen molar-refractivity contribution in [3.63, 3.8) is 0 Å². The van der Waals surface area contributed by atoms with E-state index in [1.54, 1.807) is 0 Å². The molecular weight excluding hydrogens is 860 g/mol. The van der Waals surface area contributed by atoms with Crippen molar-refractivity contribution in [2.24, 2.45) is 0 Å². The van der Waals surface area contributed by atoms with Gasteiger partial charge in [-0.1, -0.05) is 31.9 Å². The highest BCUT2D eigenvalue weighted by atomic mass is 79.9. The molecule has 3 aromatic heterocycles. The number of imide groups is 2. The van der Waals surface area contributed by atoms with Gasteiger partial charge in [-0.15, -0.1) is 0 Å². The van der Waals surface area contributed by atoms with Crippen molar-refractivity contribution in [1.29, 1.82) is 0 Å². The highest BCUT2D eigenvalue weighted by molar-refractivity contribution is 9.10. The van der Waals surface area contributed by atoms with Crippen molar-refractivity contribution in [2.45, 2.75) is 38.6 Å². The molecule has 4 aromatic carbocycles. The molecule has 8 heterocycles. The summed E-state index contributed by atoms with van der Waals surface area (Å²) in [6.07, 6.45) is 10.9. The van der Waals surface area contributed by atoms with Gasteiger partial charge in [0, 0.05) is 91.2 Å². The number of carbonyl (C=O) groups is 4. The van der Waals surface area contributed by atoms with E-state index < -0.39 is 0 Å². The van der Waals surface area contributed by atoms with E-state index in [4.69, 9.17) is 0 Å². The monoisotopic (exact) mass is 892 g/mol. The lowest BCUT2D eigenvalue weighted by Gasteiger charge is -2.27. The molecule has 0 aliphatic carbocycles. The number of hydrogen-bond acceptors (Lipinski definition) is 5. The van der Waals surface area contributed by atoms with Crippen molar-refractivity contribution >= 4 is 116 Å². The number of amides is 4. The maximum atomic E-state index is 12.9. The minimum atomic E-state index is -0.350. The molecule has 0 bridgehead atoms. The number of nitrogens with one attached hydrogen (secondary N) is 4. The van der Waals surface area contributed by atoms with Gasteiger partial charge in [0.15, 0.2) is 0 Å². The van der Waals surface area contributed by atoms with Gasteiger partial charge in [0.25, 0.3) is 23.6 Å². The van der Waals surface area contributed by atoms with Gasteiger partial charge in [0.2, 0.25) is 0 Å². The number of nitrogens with zero attached hydrogens (tertiary/aromatic N) is 2. The average molecular weight is 895 g/mol. The summed E-state index contributed by atoms with van der Waals surface area (Å²) in [5, 5.41) is 7.97. The van der Waals surface area contributed by atoms with Crippen LogP contribution in [0, 0.1) is 0 Å². The van der Waals surface area contributed by atoms with Crippen LogP contribution in [0.4, 0.5) is 5.69 Å². The van der Waals surface area contributed by atoms with Gasteiger partial charge in [0.05, 0.1) is 27.8 Å². The molecule has 4 N–H and O–H groups in total. The molecule has 5 aliphatic heterocycles. The third kappa shape index (κ3) is 5.49. The highest BCUT2D eigenvalue weighted by Crippen LogP contribution is 2.42. The second-order valence-electron chi connectivity index (χ2n) is 15.5. The Morgan fingerprint density at radius 1 is 0.534 bits per heavy atom. The summed E-state index contributed by atoms with van der Waals surface area (Å²) < 4.78 is 4.12. The van der Waals surface area contributed by atoms with Crippen LogP contribution in [-0.4, -0.2) is 51.3 Å². The van der Waals surface area contributed by atoms with E-state index in [0.717, 1.165) is 110 Å². The molecule has 0 saturated carbocycles. The van der Waals surface area contributed by atoms with E-state index >= 15 is 0 Å². The number of anilines is 1. The summed E-state index contributed by atoms with van der Waals surface area (Å²) in [5.74, 6) is -1.33. The maximum Gasteiger partial charge on any atom is 0.259 e. The summed E-state index contributed by atoms with van der Waals surface area (Å²) in [5.41, 5.74) is 13.2. The molecule has 4 amide bonds. The standard InChI is InChI=1S/C23H18BrN3O2.C23H16BrN3O2/c2*24-15-3-4-18-16(10-15)17(11-25-18)20-19(22(28)26-23(20)29)14-8-12-2-1-6-27-7-5-13(9-14)21(12)27/h3-4,8-11,25H,1-2,5-7H2,(H,26,28,29);3-5,7-11,25H,1-2,6H2,(H,26,28,29). The fraction of sp³-hybridized carbons (Fsp3) is 0.174. The number of aromatic amines is 2. The van der Waals surface area contributed by atoms with Crippen molar-refractivity contribution in [3.05, 3.63) is 133 Å². The normalized spacial score (nSPS) is 17.2. The molecule has 0 saturated heterocycles. The van der Waals surface area contributed by atoms with Gasteiger partial charge in [-0.25, -0.2) is 0 Å². The van der Waals surface area contributed by atoms with Gasteiger partial charge in [0.1, 0.15) is 0 Å². The first kappa shape index (κ1) is 35.2. The molecule has 7 aromatic rings. The number of H-pyrrole nitrogens is 2. The van der Waals surface area contributed by atoms with Crippen LogP contribution in [0.5, 0.6) is 0 Å². The van der Waals surface area contributed by atoms with E-state index in [0.29, 0.717) is 22.3 Å². The van der Waals surface area contributed by atoms with Gasteiger partial charge < -0.3 is 19.4 Å². The molecule has 286 valence electrons. The molecule has 12 rings (SSSR count). The number of aromatic nitrogens is 3. The Morgan fingerprint density at radius 2 is 1.07 bits per heavy atom. The Morgan fingerprint density at radius 3 is 1.71 bits per heavy atom. The molecule has 0 fully saturated rings. The number of carbonyl (C=O) groups excluding carboxylic acids is 4. The van der Waals surface area contributed by atoms with E-state index in [-0.39, 0.29) is 23.6 Å². The molecule has 5 aliphatic rings. The summed E-state index contributed by atoms with van der Waals surface area (Å²) >= 11 is 7.01. The van der Waals surface area contributed by atoms with Gasteiger partial charge >= 0.3 is 0 Å². The van der Waals surface area contributed by atoms with E-state index in [9.17, 15) is 19.2 Å². The van der Waals surface area contributed by atoms with E-state index in [2.05, 4.69) is 92.4 Å². The van der Waals surface area contributed by atoms with Gasteiger partial charge in [-0.3, -0.25) is 29.8 Å². The van der Waals surface area contributed by atoms with Crippen LogP contribution in [0.15, 0.2) is 94.3 Å². The molecule has 58 heavy (non-hydrogen) atoms. The Hall–Kier alpha value is -5.98. The molecule has 10 nitrogen and oxygen atoms in total. The minimum Gasteiger partial charge on any atom is -0.371 e. The summed E-state index contributed by atoms with van der Waals surface area (Å²) in [6, 6.07) is 22.2. The summed E-state index contributed by atoms with van der Waals surface area (Å²) in [4.78, 5) is 60.2. The van der Waals surface area contributed by atoms with Crippen LogP contribution in [0.2, 0.25) is 0 Å². The Balaban J connectivity index is 0.000000133. The zero-order valence-corrected chi connectivity index (χ0v) is 34.2. The Labute approximate surface area is 348 Å². The fourth-order valence-corrected chi connectivity index (χ4v) is 10.4. The summed E-state index contributed by atoms with van der Waals surface area (Å²) in [7, 11) is 0. The van der Waals surface area contributed by atoms with Crippen LogP contribution in [0.3, 0.4) is 0 Å². The zero-order valence-electron chi connectivity index (χ0n) is 31.0.